The Hall–Kier alpha value is -2.60. The molecule has 0 spiro atoms. The van der Waals surface area contributed by atoms with Crippen molar-refractivity contribution in [2.75, 3.05) is 20.2 Å². The van der Waals surface area contributed by atoms with Gasteiger partial charge < -0.3 is 14.5 Å². The molecule has 6 heteroatoms. The second-order valence-electron chi connectivity index (χ2n) is 6.72. The second kappa shape index (κ2) is 7.74. The number of ether oxygens (including phenoxy) is 1. The molecule has 0 aliphatic carbocycles. The number of nitrogens with zero attached hydrogens (tertiary/aromatic N) is 1. The quantitative estimate of drug-likeness (QED) is 0.834. The van der Waals surface area contributed by atoms with Gasteiger partial charge in [-0.25, -0.2) is 4.79 Å². The molecule has 26 heavy (non-hydrogen) atoms. The first-order chi connectivity index (χ1) is 12.5. The predicted octanol–water partition coefficient (Wildman–Crippen LogP) is 2.53. The van der Waals surface area contributed by atoms with Crippen LogP contribution in [0.2, 0.25) is 0 Å². The molecule has 2 heterocycles. The molecule has 0 bridgehead atoms. The van der Waals surface area contributed by atoms with Gasteiger partial charge in [-0.15, -0.1) is 0 Å². The Labute approximate surface area is 153 Å². The number of piperidine rings is 1. The van der Waals surface area contributed by atoms with Crippen LogP contribution in [-0.4, -0.2) is 42.5 Å². The number of carbonyl (C=O) groups excluding carboxylic acids is 2. The number of carbonyl (C=O) groups is 2. The molecule has 3 rings (SSSR count). The van der Waals surface area contributed by atoms with E-state index in [0.717, 1.165) is 19.5 Å². The highest BCUT2D eigenvalue weighted by Crippen LogP contribution is 2.25. The van der Waals surface area contributed by atoms with Crippen LogP contribution in [0, 0.1) is 6.92 Å². The molecule has 0 saturated carbocycles. The summed E-state index contributed by atoms with van der Waals surface area (Å²) < 4.78 is 10.2. The van der Waals surface area contributed by atoms with Crippen molar-refractivity contribution in [2.45, 2.75) is 31.8 Å². The van der Waals surface area contributed by atoms with E-state index in [1.807, 2.05) is 18.2 Å². The van der Waals surface area contributed by atoms with Crippen molar-refractivity contribution >= 4 is 11.9 Å². The molecule has 1 aromatic heterocycles. The van der Waals surface area contributed by atoms with Gasteiger partial charge in [-0.1, -0.05) is 30.3 Å². The largest absolute Gasteiger partial charge is 0.469 e. The zero-order valence-electron chi connectivity index (χ0n) is 15.2. The van der Waals surface area contributed by atoms with Crippen molar-refractivity contribution in [3.8, 4) is 0 Å². The van der Waals surface area contributed by atoms with Gasteiger partial charge in [0.25, 0.3) is 5.91 Å². The van der Waals surface area contributed by atoms with E-state index in [-0.39, 0.29) is 5.91 Å². The first-order valence-electron chi connectivity index (χ1n) is 8.75. The number of furan rings is 1. The third-order valence-corrected chi connectivity index (χ3v) is 4.85. The first-order valence-corrected chi connectivity index (χ1v) is 8.75. The molecule has 1 N–H and O–H groups in total. The number of rotatable bonds is 5. The molecule has 6 nitrogen and oxygen atoms in total. The minimum absolute atomic E-state index is 0.316. The van der Waals surface area contributed by atoms with Gasteiger partial charge in [-0.05, 0) is 37.9 Å². The SMILES string of the molecule is COC(=O)[C@@]1(NC(=O)c2ccoc2C)CCCN(Cc2ccccc2)C1. The highest BCUT2D eigenvalue weighted by molar-refractivity contribution is 5.99. The summed E-state index contributed by atoms with van der Waals surface area (Å²) in [5.41, 5.74) is 0.557. The number of benzene rings is 1. The Kier molecular flexibility index (Phi) is 5.42. The molecule has 1 aliphatic rings. The van der Waals surface area contributed by atoms with Gasteiger partial charge >= 0.3 is 5.97 Å². The summed E-state index contributed by atoms with van der Waals surface area (Å²) in [4.78, 5) is 27.5. The molecular formula is C20H24N2O4. The monoisotopic (exact) mass is 356 g/mol. The van der Waals surface area contributed by atoms with E-state index in [9.17, 15) is 9.59 Å². The van der Waals surface area contributed by atoms with Crippen molar-refractivity contribution in [1.29, 1.82) is 0 Å². The molecule has 1 aromatic carbocycles. The molecule has 1 saturated heterocycles. The topological polar surface area (TPSA) is 71.8 Å². The van der Waals surface area contributed by atoms with Crippen LogP contribution in [0.4, 0.5) is 0 Å². The van der Waals surface area contributed by atoms with Gasteiger partial charge in [0.05, 0.1) is 18.9 Å². The van der Waals surface area contributed by atoms with Crippen LogP contribution >= 0.6 is 0 Å². The van der Waals surface area contributed by atoms with E-state index in [4.69, 9.17) is 9.15 Å². The molecule has 1 atom stereocenters. The maximum atomic E-state index is 12.7. The number of esters is 1. The van der Waals surface area contributed by atoms with Crippen LogP contribution in [-0.2, 0) is 16.1 Å². The smallest absolute Gasteiger partial charge is 0.332 e. The van der Waals surface area contributed by atoms with Crippen molar-refractivity contribution < 1.29 is 18.7 Å². The standard InChI is InChI=1S/C20H24N2O4/c1-15-17(9-12-26-15)18(23)21-20(19(24)25-2)10-6-11-22(14-20)13-16-7-4-3-5-8-16/h3-5,7-9,12H,6,10-11,13-14H2,1-2H3,(H,21,23)/t20-/m1/s1. The van der Waals surface area contributed by atoms with Crippen LogP contribution in [0.5, 0.6) is 0 Å². The average molecular weight is 356 g/mol. The third-order valence-electron chi connectivity index (χ3n) is 4.85. The van der Waals surface area contributed by atoms with Gasteiger partial charge in [0, 0.05) is 13.1 Å². The van der Waals surface area contributed by atoms with E-state index in [1.54, 1.807) is 13.0 Å². The molecule has 1 aliphatic heterocycles. The first kappa shape index (κ1) is 18.2. The second-order valence-corrected chi connectivity index (χ2v) is 6.72. The lowest BCUT2D eigenvalue weighted by Crippen LogP contribution is -2.63. The normalized spacial score (nSPS) is 20.5. The Balaban J connectivity index is 1.79. The Bertz CT molecular complexity index is 771. The van der Waals surface area contributed by atoms with E-state index in [0.29, 0.717) is 24.3 Å². The van der Waals surface area contributed by atoms with Gasteiger partial charge in [-0.3, -0.25) is 9.69 Å². The highest BCUT2D eigenvalue weighted by Gasteiger charge is 2.45. The van der Waals surface area contributed by atoms with Crippen molar-refractivity contribution in [2.24, 2.45) is 0 Å². The zero-order valence-corrected chi connectivity index (χ0v) is 15.2. The Morgan fingerprint density at radius 2 is 2.04 bits per heavy atom. The molecule has 0 radical (unpaired) electrons. The lowest BCUT2D eigenvalue weighted by molar-refractivity contribution is -0.150. The number of methoxy groups -OCH3 is 1. The van der Waals surface area contributed by atoms with Crippen LogP contribution in [0.3, 0.4) is 0 Å². The number of nitrogens with one attached hydrogen (secondary N) is 1. The van der Waals surface area contributed by atoms with Gasteiger partial charge in [0.1, 0.15) is 5.76 Å². The van der Waals surface area contributed by atoms with Gasteiger partial charge in [-0.2, -0.15) is 0 Å². The van der Waals surface area contributed by atoms with Crippen LogP contribution in [0.15, 0.2) is 47.1 Å². The fourth-order valence-corrected chi connectivity index (χ4v) is 3.54. The maximum Gasteiger partial charge on any atom is 0.332 e. The summed E-state index contributed by atoms with van der Waals surface area (Å²) in [7, 11) is 1.36. The van der Waals surface area contributed by atoms with Crippen LogP contribution in [0.1, 0.15) is 34.5 Å². The third kappa shape index (κ3) is 3.80. The highest BCUT2D eigenvalue weighted by atomic mass is 16.5. The van der Waals surface area contributed by atoms with E-state index in [2.05, 4.69) is 22.3 Å². The summed E-state index contributed by atoms with van der Waals surface area (Å²) in [5.74, 6) is -0.201. The lowest BCUT2D eigenvalue weighted by Gasteiger charge is -2.41. The summed E-state index contributed by atoms with van der Waals surface area (Å²) in [5, 5.41) is 2.93. The summed E-state index contributed by atoms with van der Waals surface area (Å²) >= 11 is 0. The molecule has 1 fully saturated rings. The number of aryl methyl sites for hydroxylation is 1. The summed E-state index contributed by atoms with van der Waals surface area (Å²) in [6.45, 7) is 3.73. The van der Waals surface area contributed by atoms with E-state index < -0.39 is 11.5 Å². The number of amides is 1. The van der Waals surface area contributed by atoms with Crippen molar-refractivity contribution in [3.05, 3.63) is 59.5 Å². The molecule has 138 valence electrons. The minimum Gasteiger partial charge on any atom is -0.469 e. The van der Waals surface area contributed by atoms with Crippen molar-refractivity contribution in [1.82, 2.24) is 10.2 Å². The van der Waals surface area contributed by atoms with Crippen molar-refractivity contribution in [3.63, 3.8) is 0 Å². The lowest BCUT2D eigenvalue weighted by atomic mass is 9.88. The summed E-state index contributed by atoms with van der Waals surface area (Å²) in [6, 6.07) is 11.7. The van der Waals surface area contributed by atoms with Crippen LogP contribution in [0.25, 0.3) is 0 Å². The number of likely N-dealkylation sites (tertiary alicyclic amines) is 1. The van der Waals surface area contributed by atoms with Crippen LogP contribution < -0.4 is 5.32 Å². The number of hydrogen-bond acceptors (Lipinski definition) is 5. The fourth-order valence-electron chi connectivity index (χ4n) is 3.54. The molecular weight excluding hydrogens is 332 g/mol. The predicted molar refractivity (Wildman–Crippen MR) is 96.6 cm³/mol. The Morgan fingerprint density at radius 1 is 1.27 bits per heavy atom. The summed E-state index contributed by atoms with van der Waals surface area (Å²) in [6.07, 6.45) is 2.82. The van der Waals surface area contributed by atoms with Gasteiger partial charge in [0.15, 0.2) is 5.54 Å². The number of hydrogen-bond donors (Lipinski definition) is 1. The minimum atomic E-state index is -1.05. The average Bonchev–Trinajstić information content (AvgIpc) is 3.08. The molecule has 0 unspecified atom stereocenters. The molecule has 1 amide bonds. The Morgan fingerprint density at radius 3 is 2.69 bits per heavy atom. The van der Waals surface area contributed by atoms with E-state index >= 15 is 0 Å². The van der Waals surface area contributed by atoms with E-state index in [1.165, 1.54) is 18.9 Å². The van der Waals surface area contributed by atoms with Gasteiger partial charge in [0.2, 0.25) is 0 Å². The maximum absolute atomic E-state index is 12.7. The zero-order chi connectivity index (χ0) is 18.6. The fraction of sp³-hybridized carbons (Fsp3) is 0.400. The molecule has 2 aromatic rings.